The minimum atomic E-state index is -0.907. The van der Waals surface area contributed by atoms with Crippen LogP contribution >= 0.6 is 11.3 Å². The topological polar surface area (TPSA) is 54.4 Å². The molecule has 0 unspecified atom stereocenters. The number of carbonyl (C=O) groups excluding carboxylic acids is 1. The molecule has 3 aromatic rings. The van der Waals surface area contributed by atoms with Crippen molar-refractivity contribution in [3.63, 3.8) is 0 Å². The zero-order valence-electron chi connectivity index (χ0n) is 15.2. The van der Waals surface area contributed by atoms with Crippen molar-refractivity contribution in [2.24, 2.45) is 0 Å². The fourth-order valence-corrected chi connectivity index (χ4v) is 4.57. The van der Waals surface area contributed by atoms with Crippen LogP contribution in [-0.4, -0.2) is 17.4 Å². The number of hydrogen-bond donors (Lipinski definition) is 1. The average molecular weight is 364 g/mol. The van der Waals surface area contributed by atoms with Gasteiger partial charge in [-0.2, -0.15) is 0 Å². The highest BCUT2D eigenvalue weighted by Crippen LogP contribution is 2.38. The Labute approximate surface area is 156 Å². The monoisotopic (exact) mass is 364 g/mol. The van der Waals surface area contributed by atoms with Crippen molar-refractivity contribution in [1.29, 1.82) is 0 Å². The zero-order chi connectivity index (χ0) is 19.0. The summed E-state index contributed by atoms with van der Waals surface area (Å²) in [6.45, 7) is 7.80. The van der Waals surface area contributed by atoms with E-state index in [4.69, 9.17) is 0 Å². The lowest BCUT2D eigenvalue weighted by atomic mass is 9.98. The second kappa shape index (κ2) is 6.89. The summed E-state index contributed by atoms with van der Waals surface area (Å²) in [6, 6.07) is 11.7. The van der Waals surface area contributed by atoms with Gasteiger partial charge >= 0.3 is 5.97 Å². The Balaban J connectivity index is 2.07. The molecular weight excluding hydrogens is 344 g/mol. The summed E-state index contributed by atoms with van der Waals surface area (Å²) < 4.78 is 0. The quantitative estimate of drug-likeness (QED) is 0.593. The van der Waals surface area contributed by atoms with Crippen LogP contribution in [0.4, 0.5) is 0 Å². The molecule has 1 heterocycles. The summed E-state index contributed by atoms with van der Waals surface area (Å²) in [6.07, 6.45) is 0.908. The molecule has 26 heavy (non-hydrogen) atoms. The van der Waals surface area contributed by atoms with E-state index < -0.39 is 5.97 Å². The van der Waals surface area contributed by atoms with Gasteiger partial charge in [0.25, 0.3) is 0 Å². The van der Waals surface area contributed by atoms with E-state index in [0.29, 0.717) is 5.56 Å². The number of rotatable bonds is 4. The van der Waals surface area contributed by atoms with E-state index in [0.717, 1.165) is 55.0 Å². The number of carboxylic acids is 1. The van der Waals surface area contributed by atoms with Gasteiger partial charge in [-0.3, -0.25) is 4.79 Å². The lowest BCUT2D eigenvalue weighted by Crippen LogP contribution is -1.99. The first-order chi connectivity index (χ1) is 12.3. The average Bonchev–Trinajstić information content (AvgIpc) is 3.03. The Kier molecular flexibility index (Phi) is 4.79. The van der Waals surface area contributed by atoms with Crippen LogP contribution in [0.1, 0.15) is 43.0 Å². The van der Waals surface area contributed by atoms with Gasteiger partial charge < -0.3 is 5.11 Å². The van der Waals surface area contributed by atoms with Gasteiger partial charge in [0.2, 0.25) is 0 Å². The lowest BCUT2D eigenvalue weighted by molar-refractivity contribution is 0.0696. The molecule has 0 saturated heterocycles. The molecule has 2 aromatic carbocycles. The van der Waals surface area contributed by atoms with Crippen LogP contribution in [0.3, 0.4) is 0 Å². The summed E-state index contributed by atoms with van der Waals surface area (Å²) in [5.74, 6) is -0.907. The zero-order valence-corrected chi connectivity index (χ0v) is 16.0. The molecule has 0 fully saturated rings. The molecule has 132 valence electrons. The van der Waals surface area contributed by atoms with Crippen molar-refractivity contribution in [1.82, 2.24) is 0 Å². The standard InChI is InChI=1S/C22H20O3S/c1-12-7-16(8-13(2)18(12)11-23)19-5-6-20(26-19)21-14(3)9-17(22(24)25)10-15(21)4/h5-11H,1-4H3,(H,24,25). The minimum absolute atomic E-state index is 0.316. The number of carboxylic acid groups (broad SMARTS) is 1. The third kappa shape index (κ3) is 3.20. The Hall–Kier alpha value is -2.72. The van der Waals surface area contributed by atoms with Crippen molar-refractivity contribution in [3.8, 4) is 20.9 Å². The summed E-state index contributed by atoms with van der Waals surface area (Å²) in [5.41, 5.74) is 7.12. The summed E-state index contributed by atoms with van der Waals surface area (Å²) in [5, 5.41) is 9.22. The molecule has 0 aliphatic carbocycles. The molecule has 3 nitrogen and oxygen atoms in total. The van der Waals surface area contributed by atoms with Crippen molar-refractivity contribution >= 4 is 23.6 Å². The maximum Gasteiger partial charge on any atom is 0.335 e. The summed E-state index contributed by atoms with van der Waals surface area (Å²) >= 11 is 1.68. The van der Waals surface area contributed by atoms with Crippen LogP contribution in [0.25, 0.3) is 20.9 Å². The smallest absolute Gasteiger partial charge is 0.335 e. The van der Waals surface area contributed by atoms with Gasteiger partial charge in [-0.25, -0.2) is 4.79 Å². The highest BCUT2D eigenvalue weighted by Gasteiger charge is 2.14. The third-order valence-corrected chi connectivity index (χ3v) is 5.78. The Morgan fingerprint density at radius 2 is 1.42 bits per heavy atom. The maximum absolute atomic E-state index is 11.2. The maximum atomic E-state index is 11.2. The molecule has 0 radical (unpaired) electrons. The SMILES string of the molecule is Cc1cc(-c2ccc(-c3c(C)cc(C(=O)O)cc3C)s2)cc(C)c1C=O. The van der Waals surface area contributed by atoms with Gasteiger partial charge in [0.05, 0.1) is 5.56 Å². The first-order valence-corrected chi connectivity index (χ1v) is 9.15. The van der Waals surface area contributed by atoms with Crippen molar-refractivity contribution in [2.75, 3.05) is 0 Å². The van der Waals surface area contributed by atoms with E-state index in [1.54, 1.807) is 23.5 Å². The number of hydrogen-bond acceptors (Lipinski definition) is 3. The van der Waals surface area contributed by atoms with E-state index in [9.17, 15) is 14.7 Å². The van der Waals surface area contributed by atoms with Gasteiger partial charge in [0.15, 0.2) is 6.29 Å². The van der Waals surface area contributed by atoms with E-state index in [1.165, 1.54) is 0 Å². The third-order valence-electron chi connectivity index (χ3n) is 4.63. The number of aryl methyl sites for hydroxylation is 4. The molecule has 0 aliphatic rings. The first-order valence-electron chi connectivity index (χ1n) is 8.33. The van der Waals surface area contributed by atoms with Crippen molar-refractivity contribution < 1.29 is 14.7 Å². The van der Waals surface area contributed by atoms with Crippen molar-refractivity contribution in [3.05, 3.63) is 69.8 Å². The molecule has 0 aliphatic heterocycles. The summed E-state index contributed by atoms with van der Waals surface area (Å²) in [7, 11) is 0. The van der Waals surface area contributed by atoms with Crippen LogP contribution in [0.2, 0.25) is 0 Å². The predicted molar refractivity (Wildman–Crippen MR) is 106 cm³/mol. The van der Waals surface area contributed by atoms with Gasteiger partial charge in [-0.15, -0.1) is 11.3 Å². The normalized spacial score (nSPS) is 10.8. The Bertz CT molecular complexity index is 982. The second-order valence-corrected chi connectivity index (χ2v) is 7.68. The van der Waals surface area contributed by atoms with E-state index in [1.807, 2.05) is 39.8 Å². The first kappa shape index (κ1) is 18.1. The largest absolute Gasteiger partial charge is 0.478 e. The van der Waals surface area contributed by atoms with E-state index in [-0.39, 0.29) is 0 Å². The second-order valence-electron chi connectivity index (χ2n) is 6.60. The lowest BCUT2D eigenvalue weighted by Gasteiger charge is -2.10. The molecule has 0 amide bonds. The Morgan fingerprint density at radius 1 is 0.885 bits per heavy atom. The minimum Gasteiger partial charge on any atom is -0.478 e. The fraction of sp³-hybridized carbons (Fsp3) is 0.182. The van der Waals surface area contributed by atoms with Gasteiger partial charge in [0, 0.05) is 15.3 Å². The van der Waals surface area contributed by atoms with Gasteiger partial charge in [-0.05, 0) is 97.5 Å². The number of thiophene rings is 1. The van der Waals surface area contributed by atoms with E-state index in [2.05, 4.69) is 12.1 Å². The number of aromatic carboxylic acids is 1. The van der Waals surface area contributed by atoms with Crippen molar-refractivity contribution in [2.45, 2.75) is 27.7 Å². The predicted octanol–water partition coefficient (Wildman–Crippen LogP) is 5.83. The van der Waals surface area contributed by atoms with Gasteiger partial charge in [-0.1, -0.05) is 0 Å². The molecule has 0 atom stereocenters. The molecule has 0 saturated carbocycles. The fourth-order valence-electron chi connectivity index (χ4n) is 3.41. The van der Waals surface area contributed by atoms with Crippen LogP contribution in [0.5, 0.6) is 0 Å². The molecular formula is C22H20O3S. The van der Waals surface area contributed by atoms with Crippen LogP contribution < -0.4 is 0 Å². The molecule has 0 bridgehead atoms. The number of aldehydes is 1. The van der Waals surface area contributed by atoms with Crippen LogP contribution in [0, 0.1) is 27.7 Å². The molecule has 0 spiro atoms. The van der Waals surface area contributed by atoms with Crippen LogP contribution in [-0.2, 0) is 0 Å². The number of benzene rings is 2. The Morgan fingerprint density at radius 3 is 1.92 bits per heavy atom. The molecule has 3 rings (SSSR count). The molecule has 1 N–H and O–H groups in total. The van der Waals surface area contributed by atoms with E-state index >= 15 is 0 Å². The molecule has 4 heteroatoms. The molecule has 1 aromatic heterocycles. The summed E-state index contributed by atoms with van der Waals surface area (Å²) in [4.78, 5) is 24.7. The van der Waals surface area contributed by atoms with Gasteiger partial charge in [0.1, 0.15) is 0 Å². The highest BCUT2D eigenvalue weighted by molar-refractivity contribution is 7.18. The number of carbonyl (C=O) groups is 2. The van der Waals surface area contributed by atoms with Crippen LogP contribution in [0.15, 0.2) is 36.4 Å². The highest BCUT2D eigenvalue weighted by atomic mass is 32.1.